The monoisotopic (exact) mass is 496 g/mol. The second-order valence-corrected chi connectivity index (χ2v) is 8.91. The number of nitrogens with zero attached hydrogens (tertiary/aromatic N) is 2. The number of hydrogen-bond donors (Lipinski definition) is 1. The first-order valence-corrected chi connectivity index (χ1v) is 12.1. The van der Waals surface area contributed by atoms with Crippen molar-refractivity contribution < 1.29 is 24.2 Å². The molecular formula is C27H29ClN2O5. The molecule has 1 atom stereocenters. The summed E-state index contributed by atoms with van der Waals surface area (Å²) < 4.78 is 10.9. The van der Waals surface area contributed by atoms with Crippen molar-refractivity contribution >= 4 is 29.1 Å². The smallest absolute Gasteiger partial charge is 0.295 e. The van der Waals surface area contributed by atoms with Crippen molar-refractivity contribution in [3.05, 3.63) is 82.9 Å². The molecule has 7 nitrogen and oxygen atoms in total. The van der Waals surface area contributed by atoms with E-state index in [0.29, 0.717) is 54.7 Å². The molecule has 0 bridgehead atoms. The van der Waals surface area contributed by atoms with E-state index in [4.69, 9.17) is 21.1 Å². The number of likely N-dealkylation sites (tertiary alicyclic amines) is 1. The molecule has 2 aromatic rings. The van der Waals surface area contributed by atoms with Crippen LogP contribution in [0.5, 0.6) is 5.75 Å². The van der Waals surface area contributed by atoms with Crippen LogP contribution in [0.15, 0.2) is 66.8 Å². The average Bonchev–Trinajstić information content (AvgIpc) is 3.13. The first kappa shape index (κ1) is 25.0. The highest BCUT2D eigenvalue weighted by Crippen LogP contribution is 2.40. The Labute approximate surface area is 210 Å². The number of morpholine rings is 1. The number of aliphatic hydroxyl groups excluding tert-OH is 1. The van der Waals surface area contributed by atoms with E-state index in [9.17, 15) is 14.7 Å². The van der Waals surface area contributed by atoms with Crippen molar-refractivity contribution in [2.24, 2.45) is 0 Å². The number of aliphatic hydroxyl groups is 1. The van der Waals surface area contributed by atoms with Gasteiger partial charge in [0.2, 0.25) is 0 Å². The number of hydrogen-bond acceptors (Lipinski definition) is 6. The fourth-order valence-electron chi connectivity index (χ4n) is 4.41. The predicted molar refractivity (Wildman–Crippen MR) is 134 cm³/mol. The van der Waals surface area contributed by atoms with Crippen molar-refractivity contribution in [3.63, 3.8) is 0 Å². The Bertz CT molecular complexity index is 1090. The second-order valence-electron chi connectivity index (χ2n) is 8.48. The summed E-state index contributed by atoms with van der Waals surface area (Å²) in [7, 11) is 0. The van der Waals surface area contributed by atoms with E-state index in [-0.39, 0.29) is 11.3 Å². The average molecular weight is 497 g/mol. The third-order valence-corrected chi connectivity index (χ3v) is 6.45. The highest BCUT2D eigenvalue weighted by atomic mass is 35.5. The molecule has 35 heavy (non-hydrogen) atoms. The SMILES string of the molecule is C=CCOc1ccc(/C(O)=C2/C(=O)C(=O)N(CCCN3CCOCC3)C2c2ccc(Cl)cc2)cc1. The van der Waals surface area contributed by atoms with E-state index in [1.165, 1.54) is 0 Å². The van der Waals surface area contributed by atoms with Crippen LogP contribution >= 0.6 is 11.6 Å². The summed E-state index contributed by atoms with van der Waals surface area (Å²) in [5.74, 6) is -0.909. The molecular weight excluding hydrogens is 468 g/mol. The van der Waals surface area contributed by atoms with Gasteiger partial charge < -0.3 is 19.5 Å². The molecule has 2 aliphatic rings. The third-order valence-electron chi connectivity index (χ3n) is 6.20. The summed E-state index contributed by atoms with van der Waals surface area (Å²) in [6, 6.07) is 13.0. The van der Waals surface area contributed by atoms with Crippen LogP contribution < -0.4 is 4.74 Å². The largest absolute Gasteiger partial charge is 0.507 e. The van der Waals surface area contributed by atoms with E-state index in [0.717, 1.165) is 19.6 Å². The van der Waals surface area contributed by atoms with Crippen LogP contribution in [-0.2, 0) is 14.3 Å². The van der Waals surface area contributed by atoms with Crippen LogP contribution in [0, 0.1) is 0 Å². The Kier molecular flexibility index (Phi) is 8.23. The zero-order valence-electron chi connectivity index (χ0n) is 19.5. The normalized spacial score (nSPS) is 20.3. The maximum absolute atomic E-state index is 13.2. The van der Waals surface area contributed by atoms with Gasteiger partial charge in [0, 0.05) is 36.8 Å². The van der Waals surface area contributed by atoms with Crippen molar-refractivity contribution in [1.29, 1.82) is 0 Å². The van der Waals surface area contributed by atoms with Gasteiger partial charge in [0.1, 0.15) is 18.1 Å². The molecule has 0 spiro atoms. The highest BCUT2D eigenvalue weighted by molar-refractivity contribution is 6.46. The Balaban J connectivity index is 1.63. The van der Waals surface area contributed by atoms with Gasteiger partial charge in [0.25, 0.3) is 11.7 Å². The fraction of sp³-hybridized carbons (Fsp3) is 0.333. The van der Waals surface area contributed by atoms with Gasteiger partial charge in [-0.25, -0.2) is 0 Å². The minimum atomic E-state index is -0.700. The Morgan fingerprint density at radius 2 is 1.77 bits per heavy atom. The predicted octanol–water partition coefficient (Wildman–Crippen LogP) is 4.05. The summed E-state index contributed by atoms with van der Waals surface area (Å²) in [6.45, 7) is 8.28. The number of carbonyl (C=O) groups is 2. The number of Topliss-reactive ketones (excluding diaryl/α,β-unsaturated/α-hetero) is 1. The lowest BCUT2D eigenvalue weighted by atomic mass is 9.95. The van der Waals surface area contributed by atoms with Crippen molar-refractivity contribution in [1.82, 2.24) is 9.80 Å². The second kappa shape index (κ2) is 11.5. The van der Waals surface area contributed by atoms with Gasteiger partial charge in [-0.2, -0.15) is 0 Å². The Morgan fingerprint density at radius 3 is 2.43 bits per heavy atom. The molecule has 2 aliphatic heterocycles. The molecule has 0 saturated carbocycles. The minimum absolute atomic E-state index is 0.0726. The van der Waals surface area contributed by atoms with Crippen molar-refractivity contribution in [3.8, 4) is 5.75 Å². The summed E-state index contributed by atoms with van der Waals surface area (Å²) in [4.78, 5) is 30.1. The van der Waals surface area contributed by atoms with Gasteiger partial charge in [-0.1, -0.05) is 36.4 Å². The van der Waals surface area contributed by atoms with Gasteiger partial charge in [0.15, 0.2) is 0 Å². The molecule has 1 amide bonds. The lowest BCUT2D eigenvalue weighted by Gasteiger charge is -2.29. The quantitative estimate of drug-likeness (QED) is 0.244. The number of rotatable bonds is 9. The van der Waals surface area contributed by atoms with Gasteiger partial charge in [-0.05, 0) is 48.4 Å². The Hall–Kier alpha value is -3.13. The van der Waals surface area contributed by atoms with Crippen molar-refractivity contribution in [2.45, 2.75) is 12.5 Å². The number of amides is 1. The molecule has 0 radical (unpaired) electrons. The van der Waals surface area contributed by atoms with Crippen molar-refractivity contribution in [2.75, 3.05) is 46.0 Å². The molecule has 184 valence electrons. The molecule has 1 unspecified atom stereocenters. The van der Waals surface area contributed by atoms with Gasteiger partial charge in [0.05, 0.1) is 24.8 Å². The van der Waals surface area contributed by atoms with Crippen LogP contribution in [0.3, 0.4) is 0 Å². The lowest BCUT2D eigenvalue weighted by molar-refractivity contribution is -0.140. The Morgan fingerprint density at radius 1 is 1.09 bits per heavy atom. The zero-order chi connectivity index (χ0) is 24.8. The van der Waals surface area contributed by atoms with Gasteiger partial charge >= 0.3 is 0 Å². The molecule has 0 aromatic heterocycles. The van der Waals surface area contributed by atoms with Crippen LogP contribution in [-0.4, -0.2) is 72.6 Å². The number of ketones is 1. The summed E-state index contributed by atoms with van der Waals surface area (Å²) in [6.07, 6.45) is 2.34. The molecule has 1 N–H and O–H groups in total. The molecule has 0 aliphatic carbocycles. The lowest BCUT2D eigenvalue weighted by Crippen LogP contribution is -2.38. The molecule has 8 heteroatoms. The van der Waals surface area contributed by atoms with E-state index >= 15 is 0 Å². The highest BCUT2D eigenvalue weighted by Gasteiger charge is 2.45. The molecule has 2 heterocycles. The maximum atomic E-state index is 13.2. The number of carbonyl (C=O) groups excluding carboxylic acids is 2. The first-order valence-electron chi connectivity index (χ1n) is 11.7. The van der Waals surface area contributed by atoms with Gasteiger partial charge in [-0.15, -0.1) is 0 Å². The zero-order valence-corrected chi connectivity index (χ0v) is 20.2. The molecule has 2 fully saturated rings. The minimum Gasteiger partial charge on any atom is -0.507 e. The fourth-order valence-corrected chi connectivity index (χ4v) is 4.54. The van der Waals surface area contributed by atoms with Crippen LogP contribution in [0.1, 0.15) is 23.6 Å². The van der Waals surface area contributed by atoms with E-state index in [1.807, 2.05) is 0 Å². The summed E-state index contributed by atoms with van der Waals surface area (Å²) in [5.41, 5.74) is 1.22. The topological polar surface area (TPSA) is 79.3 Å². The van der Waals surface area contributed by atoms with Gasteiger partial charge in [-0.3, -0.25) is 14.5 Å². The number of halogens is 1. The number of ether oxygens (including phenoxy) is 2. The summed E-state index contributed by atoms with van der Waals surface area (Å²) in [5, 5.41) is 11.7. The molecule has 4 rings (SSSR count). The third kappa shape index (κ3) is 5.75. The molecule has 2 aromatic carbocycles. The van der Waals surface area contributed by atoms with Crippen LogP contribution in [0.25, 0.3) is 5.76 Å². The first-order chi connectivity index (χ1) is 17.0. The standard InChI is InChI=1S/C27H29ClN2O5/c1-2-16-35-22-10-6-20(7-11-22)25(31)23-24(19-4-8-21(28)9-5-19)30(27(33)26(23)32)13-3-12-29-14-17-34-18-15-29/h2,4-11,24,31H,1,3,12-18H2/b25-23-. The number of benzene rings is 2. The van der Waals surface area contributed by atoms with Crippen LogP contribution in [0.2, 0.25) is 5.02 Å². The summed E-state index contributed by atoms with van der Waals surface area (Å²) >= 11 is 6.08. The van der Waals surface area contributed by atoms with E-state index in [2.05, 4.69) is 11.5 Å². The van der Waals surface area contributed by atoms with E-state index in [1.54, 1.807) is 59.5 Å². The maximum Gasteiger partial charge on any atom is 0.295 e. The van der Waals surface area contributed by atoms with Crippen LogP contribution in [0.4, 0.5) is 0 Å². The van der Waals surface area contributed by atoms with E-state index < -0.39 is 17.7 Å². The molecule has 2 saturated heterocycles.